The molecule has 0 aliphatic heterocycles. The predicted octanol–water partition coefficient (Wildman–Crippen LogP) is 4.47. The fraction of sp³-hybridized carbons (Fsp3) is 0.308. The average molecular weight is 467 g/mol. The number of hydrogen-bond acceptors (Lipinski definition) is 7. The third-order valence-corrected chi connectivity index (χ3v) is 5.03. The number of thioether (sulfide) groups is 1. The van der Waals surface area contributed by atoms with Gasteiger partial charge in [0.2, 0.25) is 0 Å². The van der Waals surface area contributed by atoms with E-state index in [0.29, 0.717) is 23.0 Å². The van der Waals surface area contributed by atoms with Gasteiger partial charge in [-0.05, 0) is 24.3 Å². The maximum Gasteiger partial charge on any atom is 0.308 e. The molecule has 0 bridgehead atoms. The van der Waals surface area contributed by atoms with Crippen LogP contribution in [0.15, 0.2) is 36.4 Å². The molecule has 0 radical (unpaired) electrons. The summed E-state index contributed by atoms with van der Waals surface area (Å²) in [6, 6.07) is 10.5. The number of carbonyl (C=O) groups is 2. The molecule has 0 spiro atoms. The predicted molar refractivity (Wildman–Crippen MR) is 129 cm³/mol. The van der Waals surface area contributed by atoms with Crippen molar-refractivity contribution in [3.05, 3.63) is 47.5 Å². The first kappa shape index (κ1) is 25.7. The van der Waals surface area contributed by atoms with Gasteiger partial charge in [0.25, 0.3) is 0 Å². The second kappa shape index (κ2) is 13.8. The van der Waals surface area contributed by atoms with Crippen LogP contribution in [0.5, 0.6) is 23.0 Å². The van der Waals surface area contributed by atoms with Gasteiger partial charge in [-0.25, -0.2) is 0 Å². The fourth-order valence-electron chi connectivity index (χ4n) is 2.66. The lowest BCUT2D eigenvalue weighted by molar-refractivity contribution is -0.132. The lowest BCUT2D eigenvalue weighted by Gasteiger charge is -2.07. The summed E-state index contributed by atoms with van der Waals surface area (Å²) in [5.41, 5.74) is 1.52. The Balaban J connectivity index is 1.78. The van der Waals surface area contributed by atoms with Crippen molar-refractivity contribution in [1.29, 1.82) is 0 Å². The molecule has 0 unspecified atom stereocenters. The maximum atomic E-state index is 11.2. The highest BCUT2D eigenvalue weighted by molar-refractivity contribution is 7.99. The Morgan fingerprint density at radius 1 is 0.727 bits per heavy atom. The van der Waals surface area contributed by atoms with E-state index in [1.165, 1.54) is 28.1 Å². The number of rotatable bonds is 8. The van der Waals surface area contributed by atoms with Crippen molar-refractivity contribution in [3.63, 3.8) is 0 Å². The molecule has 0 atom stereocenters. The second-order valence-electron chi connectivity index (χ2n) is 6.63. The molecular weight excluding hydrogens is 440 g/mol. The Labute approximate surface area is 198 Å². The summed E-state index contributed by atoms with van der Waals surface area (Å²) in [6.07, 6.45) is 1.47. The Morgan fingerprint density at radius 2 is 1.15 bits per heavy atom. The van der Waals surface area contributed by atoms with Gasteiger partial charge in [-0.1, -0.05) is 23.7 Å². The Morgan fingerprint density at radius 3 is 1.52 bits per heavy atom. The summed E-state index contributed by atoms with van der Waals surface area (Å²) in [5.74, 6) is 15.1. The highest BCUT2D eigenvalue weighted by atomic mass is 32.2. The molecule has 0 N–H and O–H groups in total. The van der Waals surface area contributed by atoms with E-state index in [4.69, 9.17) is 18.9 Å². The first-order valence-corrected chi connectivity index (χ1v) is 11.4. The van der Waals surface area contributed by atoms with Crippen LogP contribution in [0.4, 0.5) is 0 Å². The van der Waals surface area contributed by atoms with Gasteiger partial charge < -0.3 is 18.9 Å². The minimum atomic E-state index is -0.408. The molecule has 0 amide bonds. The largest absolute Gasteiger partial charge is 0.493 e. The SMILES string of the molecule is COc1ccc(C#CCCSCCC#Cc2ccc(OC)c(OC(C)=O)c2)cc1OC(C)=O. The van der Waals surface area contributed by atoms with Crippen molar-refractivity contribution in [2.24, 2.45) is 0 Å². The molecule has 0 saturated carbocycles. The van der Waals surface area contributed by atoms with Crippen molar-refractivity contribution in [3.8, 4) is 46.7 Å². The first-order valence-electron chi connectivity index (χ1n) is 10.2. The first-order chi connectivity index (χ1) is 15.9. The van der Waals surface area contributed by atoms with Gasteiger partial charge >= 0.3 is 11.9 Å². The van der Waals surface area contributed by atoms with Crippen LogP contribution in [-0.2, 0) is 9.59 Å². The molecule has 2 rings (SSSR count). The normalized spacial score (nSPS) is 9.58. The maximum absolute atomic E-state index is 11.2. The summed E-state index contributed by atoms with van der Waals surface area (Å²) in [5, 5.41) is 0. The molecule has 0 saturated heterocycles. The minimum Gasteiger partial charge on any atom is -0.493 e. The summed E-state index contributed by atoms with van der Waals surface area (Å²) in [7, 11) is 3.04. The van der Waals surface area contributed by atoms with E-state index >= 15 is 0 Å². The van der Waals surface area contributed by atoms with E-state index < -0.39 is 11.9 Å². The molecular formula is C26H26O6S. The standard InChI is InChI=1S/C26H26O6S/c1-19(27)31-25-17-21(11-13-23(25)29-3)9-5-7-15-33-16-8-6-10-22-12-14-24(30-4)26(18-22)32-20(2)28/h11-14,17-18H,7-8,15-16H2,1-4H3. The molecule has 0 aliphatic carbocycles. The quantitative estimate of drug-likeness (QED) is 0.246. The smallest absolute Gasteiger partial charge is 0.308 e. The lowest BCUT2D eigenvalue weighted by Crippen LogP contribution is -2.03. The van der Waals surface area contributed by atoms with Gasteiger partial charge in [-0.3, -0.25) is 9.59 Å². The van der Waals surface area contributed by atoms with E-state index in [1.807, 2.05) is 12.1 Å². The minimum absolute atomic E-state index is 0.363. The summed E-state index contributed by atoms with van der Waals surface area (Å²) in [6.45, 7) is 2.69. The fourth-order valence-corrected chi connectivity index (χ4v) is 3.35. The Bertz CT molecular complexity index is 1010. The Kier molecular flexibility index (Phi) is 10.7. The van der Waals surface area contributed by atoms with Gasteiger partial charge in [0, 0.05) is 61.5 Å². The number of hydrogen-bond donors (Lipinski definition) is 0. The average Bonchev–Trinajstić information content (AvgIpc) is 2.77. The number of methoxy groups -OCH3 is 2. The van der Waals surface area contributed by atoms with Crippen molar-refractivity contribution in [1.82, 2.24) is 0 Å². The molecule has 6 nitrogen and oxygen atoms in total. The third kappa shape index (κ3) is 9.22. The summed E-state index contributed by atoms with van der Waals surface area (Å²) >= 11 is 1.78. The summed E-state index contributed by atoms with van der Waals surface area (Å²) < 4.78 is 20.7. The van der Waals surface area contributed by atoms with Gasteiger partial charge in [-0.2, -0.15) is 11.8 Å². The van der Waals surface area contributed by atoms with Crippen molar-refractivity contribution in [2.75, 3.05) is 25.7 Å². The van der Waals surface area contributed by atoms with Crippen LogP contribution < -0.4 is 18.9 Å². The van der Waals surface area contributed by atoms with Crippen LogP contribution in [0, 0.1) is 23.7 Å². The molecule has 172 valence electrons. The zero-order valence-electron chi connectivity index (χ0n) is 19.2. The second-order valence-corrected chi connectivity index (χ2v) is 7.86. The molecule has 0 aromatic heterocycles. The van der Waals surface area contributed by atoms with Crippen LogP contribution in [0.3, 0.4) is 0 Å². The monoisotopic (exact) mass is 466 g/mol. The highest BCUT2D eigenvalue weighted by Gasteiger charge is 2.08. The lowest BCUT2D eigenvalue weighted by atomic mass is 10.2. The van der Waals surface area contributed by atoms with E-state index in [2.05, 4.69) is 23.7 Å². The topological polar surface area (TPSA) is 71.1 Å². The van der Waals surface area contributed by atoms with Crippen LogP contribution in [-0.4, -0.2) is 37.7 Å². The van der Waals surface area contributed by atoms with E-state index in [9.17, 15) is 9.59 Å². The molecule has 33 heavy (non-hydrogen) atoms. The number of ether oxygens (including phenoxy) is 4. The number of carbonyl (C=O) groups excluding carboxylic acids is 2. The van der Waals surface area contributed by atoms with Crippen molar-refractivity contribution < 1.29 is 28.5 Å². The van der Waals surface area contributed by atoms with E-state index in [-0.39, 0.29) is 0 Å². The van der Waals surface area contributed by atoms with Crippen molar-refractivity contribution in [2.45, 2.75) is 26.7 Å². The van der Waals surface area contributed by atoms with E-state index in [1.54, 1.807) is 36.0 Å². The molecule has 0 heterocycles. The van der Waals surface area contributed by atoms with E-state index in [0.717, 1.165) is 35.5 Å². The van der Waals surface area contributed by atoms with Gasteiger partial charge in [-0.15, -0.1) is 0 Å². The Hall–Kier alpha value is -3.55. The molecule has 0 fully saturated rings. The number of benzene rings is 2. The zero-order chi connectivity index (χ0) is 24.1. The molecule has 7 heteroatoms. The third-order valence-electron chi connectivity index (χ3n) is 4.04. The van der Waals surface area contributed by atoms with Gasteiger partial charge in [0.15, 0.2) is 23.0 Å². The summed E-state index contributed by atoms with van der Waals surface area (Å²) in [4.78, 5) is 22.4. The van der Waals surface area contributed by atoms with Crippen LogP contribution in [0.2, 0.25) is 0 Å². The number of esters is 2. The molecule has 2 aromatic carbocycles. The highest BCUT2D eigenvalue weighted by Crippen LogP contribution is 2.28. The van der Waals surface area contributed by atoms with Gasteiger partial charge in [0.1, 0.15) is 0 Å². The molecule has 0 aliphatic rings. The van der Waals surface area contributed by atoms with Gasteiger partial charge in [0.05, 0.1) is 14.2 Å². The zero-order valence-corrected chi connectivity index (χ0v) is 20.0. The molecule has 2 aromatic rings. The van der Waals surface area contributed by atoms with Crippen LogP contribution >= 0.6 is 11.8 Å². The van der Waals surface area contributed by atoms with Crippen LogP contribution in [0.25, 0.3) is 0 Å². The van der Waals surface area contributed by atoms with Crippen LogP contribution in [0.1, 0.15) is 37.8 Å². The van der Waals surface area contributed by atoms with Crippen molar-refractivity contribution >= 4 is 23.7 Å².